The standard InChI is InChI=1S/C13H25N3O.2ClH/c1-9(2)12(14)13(17)15-7-10-5-6-16(8-10)11-3-4-11;;/h9-12H,3-8,14H2,1-2H3,(H,15,17);2*1H/t10?,12-;;/m0../s1. The second kappa shape index (κ2) is 8.30. The molecule has 1 saturated carbocycles. The fourth-order valence-corrected chi connectivity index (χ4v) is 2.47. The molecule has 3 N–H and O–H groups in total. The Morgan fingerprint density at radius 2 is 1.95 bits per heavy atom. The highest BCUT2D eigenvalue weighted by Gasteiger charge is 2.34. The van der Waals surface area contributed by atoms with Crippen molar-refractivity contribution in [3.05, 3.63) is 0 Å². The first-order valence-electron chi connectivity index (χ1n) is 6.85. The van der Waals surface area contributed by atoms with Gasteiger partial charge in [0.25, 0.3) is 0 Å². The topological polar surface area (TPSA) is 58.4 Å². The monoisotopic (exact) mass is 311 g/mol. The number of hydrogen-bond donors (Lipinski definition) is 2. The second-order valence-corrected chi connectivity index (χ2v) is 5.90. The van der Waals surface area contributed by atoms with Gasteiger partial charge in [-0.05, 0) is 37.6 Å². The van der Waals surface area contributed by atoms with Crippen LogP contribution >= 0.6 is 24.8 Å². The zero-order valence-corrected chi connectivity index (χ0v) is 13.4. The molecule has 0 aromatic heterocycles. The molecule has 4 nitrogen and oxygen atoms in total. The predicted octanol–water partition coefficient (Wildman–Crippen LogP) is 1.41. The van der Waals surface area contributed by atoms with E-state index in [1.807, 2.05) is 13.8 Å². The van der Waals surface area contributed by atoms with Gasteiger partial charge in [-0.25, -0.2) is 0 Å². The van der Waals surface area contributed by atoms with Gasteiger partial charge < -0.3 is 16.0 Å². The van der Waals surface area contributed by atoms with Gasteiger partial charge in [0, 0.05) is 19.1 Å². The highest BCUT2D eigenvalue weighted by Crippen LogP contribution is 2.31. The summed E-state index contributed by atoms with van der Waals surface area (Å²) in [6.07, 6.45) is 3.96. The molecule has 0 spiro atoms. The molecule has 19 heavy (non-hydrogen) atoms. The van der Waals surface area contributed by atoms with Gasteiger partial charge in [0.1, 0.15) is 0 Å². The van der Waals surface area contributed by atoms with Crippen molar-refractivity contribution < 1.29 is 4.79 Å². The minimum absolute atomic E-state index is 0. The lowest BCUT2D eigenvalue weighted by Gasteiger charge is -2.18. The molecule has 2 rings (SSSR count). The summed E-state index contributed by atoms with van der Waals surface area (Å²) in [7, 11) is 0. The van der Waals surface area contributed by atoms with E-state index >= 15 is 0 Å². The molecule has 6 heteroatoms. The van der Waals surface area contributed by atoms with E-state index in [0.717, 1.165) is 19.1 Å². The van der Waals surface area contributed by atoms with E-state index in [9.17, 15) is 4.79 Å². The van der Waals surface area contributed by atoms with Crippen LogP contribution in [-0.2, 0) is 4.79 Å². The van der Waals surface area contributed by atoms with E-state index in [4.69, 9.17) is 5.73 Å². The van der Waals surface area contributed by atoms with Crippen molar-refractivity contribution in [3.8, 4) is 0 Å². The molecule has 0 aromatic carbocycles. The van der Waals surface area contributed by atoms with Crippen molar-refractivity contribution in [2.45, 2.75) is 45.2 Å². The Hall–Kier alpha value is -0.0300. The molecule has 1 unspecified atom stereocenters. The van der Waals surface area contributed by atoms with Crippen LogP contribution in [0.2, 0.25) is 0 Å². The van der Waals surface area contributed by atoms with Gasteiger partial charge in [0.2, 0.25) is 5.91 Å². The molecular formula is C13H27Cl2N3O. The number of nitrogens with zero attached hydrogens (tertiary/aromatic N) is 1. The summed E-state index contributed by atoms with van der Waals surface area (Å²) >= 11 is 0. The third kappa shape index (κ3) is 5.46. The molecule has 114 valence electrons. The van der Waals surface area contributed by atoms with Crippen LogP contribution in [0.4, 0.5) is 0 Å². The molecular weight excluding hydrogens is 285 g/mol. The van der Waals surface area contributed by atoms with Crippen LogP contribution in [0.15, 0.2) is 0 Å². The molecule has 1 heterocycles. The largest absolute Gasteiger partial charge is 0.354 e. The second-order valence-electron chi connectivity index (χ2n) is 5.90. The number of carbonyl (C=O) groups excluding carboxylic acids is 1. The molecule has 0 aromatic rings. The maximum atomic E-state index is 11.7. The quantitative estimate of drug-likeness (QED) is 0.807. The summed E-state index contributed by atoms with van der Waals surface area (Å²) in [6.45, 7) is 7.12. The number of nitrogens with one attached hydrogen (secondary N) is 1. The van der Waals surface area contributed by atoms with E-state index in [1.54, 1.807) is 0 Å². The number of amides is 1. The lowest BCUT2D eigenvalue weighted by molar-refractivity contribution is -0.123. The van der Waals surface area contributed by atoms with Gasteiger partial charge in [0.05, 0.1) is 6.04 Å². The van der Waals surface area contributed by atoms with Crippen LogP contribution < -0.4 is 11.1 Å². The summed E-state index contributed by atoms with van der Waals surface area (Å²) in [5.74, 6) is 0.838. The van der Waals surface area contributed by atoms with Crippen molar-refractivity contribution in [1.82, 2.24) is 10.2 Å². The van der Waals surface area contributed by atoms with Crippen molar-refractivity contribution in [3.63, 3.8) is 0 Å². The van der Waals surface area contributed by atoms with Crippen LogP contribution in [0, 0.1) is 11.8 Å². The fourth-order valence-electron chi connectivity index (χ4n) is 2.47. The first-order valence-corrected chi connectivity index (χ1v) is 6.85. The maximum absolute atomic E-state index is 11.7. The van der Waals surface area contributed by atoms with Crippen molar-refractivity contribution >= 4 is 30.7 Å². The van der Waals surface area contributed by atoms with E-state index < -0.39 is 0 Å². The molecule has 2 fully saturated rings. The Morgan fingerprint density at radius 3 is 2.47 bits per heavy atom. The van der Waals surface area contributed by atoms with E-state index in [1.165, 1.54) is 25.8 Å². The smallest absolute Gasteiger partial charge is 0.237 e. The van der Waals surface area contributed by atoms with Crippen molar-refractivity contribution in [1.29, 1.82) is 0 Å². The molecule has 0 radical (unpaired) electrons. The SMILES string of the molecule is CC(C)[C@H](N)C(=O)NCC1CCN(C2CC2)C1.Cl.Cl. The van der Waals surface area contributed by atoms with Crippen LogP contribution in [0.3, 0.4) is 0 Å². The molecule has 1 aliphatic carbocycles. The van der Waals surface area contributed by atoms with E-state index in [0.29, 0.717) is 5.92 Å². The fraction of sp³-hybridized carbons (Fsp3) is 0.923. The zero-order chi connectivity index (χ0) is 12.4. The highest BCUT2D eigenvalue weighted by molar-refractivity contribution is 5.85. The molecule has 2 atom stereocenters. The number of nitrogens with two attached hydrogens (primary N) is 1. The average Bonchev–Trinajstić information content (AvgIpc) is 3.05. The predicted molar refractivity (Wildman–Crippen MR) is 83.0 cm³/mol. The number of likely N-dealkylation sites (tertiary alicyclic amines) is 1. The average molecular weight is 312 g/mol. The summed E-state index contributed by atoms with van der Waals surface area (Å²) < 4.78 is 0. The number of hydrogen-bond acceptors (Lipinski definition) is 3. The molecule has 0 bridgehead atoms. The van der Waals surface area contributed by atoms with Crippen LogP contribution in [-0.4, -0.2) is 42.5 Å². The van der Waals surface area contributed by atoms with Gasteiger partial charge in [-0.3, -0.25) is 4.79 Å². The highest BCUT2D eigenvalue weighted by atomic mass is 35.5. The Labute approximate surface area is 128 Å². The molecule has 1 amide bonds. The van der Waals surface area contributed by atoms with Crippen LogP contribution in [0.1, 0.15) is 33.1 Å². The van der Waals surface area contributed by atoms with Crippen molar-refractivity contribution in [2.75, 3.05) is 19.6 Å². The summed E-state index contributed by atoms with van der Waals surface area (Å²) in [5, 5.41) is 2.99. The summed E-state index contributed by atoms with van der Waals surface area (Å²) in [6, 6.07) is 0.490. The molecule has 2 aliphatic rings. The molecule has 1 aliphatic heterocycles. The lowest BCUT2D eigenvalue weighted by Crippen LogP contribution is -2.45. The number of rotatable bonds is 5. The Bertz CT molecular complexity index is 285. The van der Waals surface area contributed by atoms with Gasteiger partial charge in [-0.1, -0.05) is 13.8 Å². The summed E-state index contributed by atoms with van der Waals surface area (Å²) in [4.78, 5) is 14.3. The number of carbonyl (C=O) groups is 1. The first kappa shape index (κ1) is 19.0. The third-order valence-electron chi connectivity index (χ3n) is 3.97. The van der Waals surface area contributed by atoms with Crippen LogP contribution in [0.5, 0.6) is 0 Å². The lowest BCUT2D eigenvalue weighted by atomic mass is 10.0. The zero-order valence-electron chi connectivity index (χ0n) is 11.8. The first-order chi connectivity index (χ1) is 8.08. The third-order valence-corrected chi connectivity index (χ3v) is 3.97. The van der Waals surface area contributed by atoms with Crippen molar-refractivity contribution in [2.24, 2.45) is 17.6 Å². The Balaban J connectivity index is 0.00000162. The van der Waals surface area contributed by atoms with Gasteiger partial charge >= 0.3 is 0 Å². The Kier molecular flexibility index (Phi) is 8.29. The Morgan fingerprint density at radius 1 is 1.32 bits per heavy atom. The van der Waals surface area contributed by atoms with Gasteiger partial charge in [-0.2, -0.15) is 0 Å². The van der Waals surface area contributed by atoms with Gasteiger partial charge in [-0.15, -0.1) is 24.8 Å². The maximum Gasteiger partial charge on any atom is 0.237 e. The molecule has 1 saturated heterocycles. The minimum Gasteiger partial charge on any atom is -0.354 e. The minimum atomic E-state index is -0.365. The summed E-state index contributed by atoms with van der Waals surface area (Å²) in [5.41, 5.74) is 5.81. The van der Waals surface area contributed by atoms with Crippen LogP contribution in [0.25, 0.3) is 0 Å². The van der Waals surface area contributed by atoms with E-state index in [-0.39, 0.29) is 42.7 Å². The van der Waals surface area contributed by atoms with Gasteiger partial charge in [0.15, 0.2) is 0 Å². The van der Waals surface area contributed by atoms with E-state index in [2.05, 4.69) is 10.2 Å². The number of halogens is 2. The normalized spacial score (nSPS) is 24.5.